The fourth-order valence-electron chi connectivity index (χ4n) is 3.04. The van der Waals surface area contributed by atoms with Crippen molar-refractivity contribution in [3.05, 3.63) is 72.7 Å². The first kappa shape index (κ1) is 16.3. The molecule has 0 atom stereocenters. The standard InChI is InChI=1S/C21H16N4O3/c1-26-15-9-18(27-13-14-5-3-2-4-6-14)16-11-20(28-19(16)10-15)17-12-25-21(24-17)22-7-8-23-25/h2-12H,13H2,1H3. The lowest BCUT2D eigenvalue weighted by Gasteiger charge is -2.09. The Morgan fingerprint density at radius 2 is 1.96 bits per heavy atom. The van der Waals surface area contributed by atoms with Gasteiger partial charge in [0.05, 0.1) is 31.1 Å². The van der Waals surface area contributed by atoms with Crippen molar-refractivity contribution in [3.8, 4) is 23.0 Å². The predicted octanol–water partition coefficient (Wildman–Crippen LogP) is 4.13. The number of benzene rings is 2. The van der Waals surface area contributed by atoms with Crippen LogP contribution in [0.25, 0.3) is 28.2 Å². The number of rotatable bonds is 5. The fraction of sp³-hybridized carbons (Fsp3) is 0.0952. The smallest absolute Gasteiger partial charge is 0.251 e. The summed E-state index contributed by atoms with van der Waals surface area (Å²) in [6.07, 6.45) is 4.99. The average Bonchev–Trinajstić information content (AvgIpc) is 3.36. The van der Waals surface area contributed by atoms with Gasteiger partial charge in [-0.1, -0.05) is 30.3 Å². The molecule has 0 aliphatic rings. The van der Waals surface area contributed by atoms with Crippen LogP contribution in [0.3, 0.4) is 0 Å². The average molecular weight is 372 g/mol. The van der Waals surface area contributed by atoms with Gasteiger partial charge in [-0.05, 0) is 11.6 Å². The molecular weight excluding hydrogens is 356 g/mol. The number of hydrogen-bond acceptors (Lipinski definition) is 6. The third kappa shape index (κ3) is 2.92. The second kappa shape index (κ2) is 6.70. The van der Waals surface area contributed by atoms with Gasteiger partial charge in [-0.15, -0.1) is 0 Å². The topological polar surface area (TPSA) is 74.7 Å². The molecule has 5 rings (SSSR count). The molecule has 7 nitrogen and oxygen atoms in total. The monoisotopic (exact) mass is 372 g/mol. The Kier molecular flexibility index (Phi) is 3.90. The first-order chi connectivity index (χ1) is 13.8. The largest absolute Gasteiger partial charge is 0.496 e. The third-order valence-electron chi connectivity index (χ3n) is 4.42. The quantitative estimate of drug-likeness (QED) is 0.462. The Bertz CT molecular complexity index is 1230. The van der Waals surface area contributed by atoms with Crippen LogP contribution >= 0.6 is 0 Å². The van der Waals surface area contributed by atoms with Gasteiger partial charge < -0.3 is 13.9 Å². The summed E-state index contributed by atoms with van der Waals surface area (Å²) < 4.78 is 19.1. The molecule has 0 fully saturated rings. The highest BCUT2D eigenvalue weighted by Gasteiger charge is 2.16. The number of furan rings is 1. The number of aromatic nitrogens is 4. The third-order valence-corrected chi connectivity index (χ3v) is 4.42. The van der Waals surface area contributed by atoms with Crippen molar-refractivity contribution in [2.75, 3.05) is 7.11 Å². The molecular formula is C21H16N4O3. The summed E-state index contributed by atoms with van der Waals surface area (Å²) in [4.78, 5) is 8.66. The van der Waals surface area contributed by atoms with Crippen LogP contribution in [0, 0.1) is 0 Å². The summed E-state index contributed by atoms with van der Waals surface area (Å²) in [6, 6.07) is 15.6. The highest BCUT2D eigenvalue weighted by Crippen LogP contribution is 2.37. The summed E-state index contributed by atoms with van der Waals surface area (Å²) in [6.45, 7) is 0.450. The van der Waals surface area contributed by atoms with E-state index in [4.69, 9.17) is 13.9 Å². The van der Waals surface area contributed by atoms with E-state index in [1.165, 1.54) is 0 Å². The first-order valence-corrected chi connectivity index (χ1v) is 8.75. The van der Waals surface area contributed by atoms with E-state index in [2.05, 4.69) is 15.1 Å². The number of hydrogen-bond donors (Lipinski definition) is 0. The van der Waals surface area contributed by atoms with Crippen LogP contribution in [-0.4, -0.2) is 26.7 Å². The van der Waals surface area contributed by atoms with Crippen molar-refractivity contribution in [3.63, 3.8) is 0 Å². The maximum Gasteiger partial charge on any atom is 0.251 e. The predicted molar refractivity (Wildman–Crippen MR) is 103 cm³/mol. The molecule has 0 N–H and O–H groups in total. The molecule has 0 saturated heterocycles. The van der Waals surface area contributed by atoms with Crippen molar-refractivity contribution in [1.82, 2.24) is 19.6 Å². The number of ether oxygens (including phenoxy) is 2. The summed E-state index contributed by atoms with van der Waals surface area (Å²) in [7, 11) is 1.62. The van der Waals surface area contributed by atoms with Crippen LogP contribution in [0.5, 0.6) is 11.5 Å². The zero-order chi connectivity index (χ0) is 18.9. The van der Waals surface area contributed by atoms with E-state index in [0.29, 0.717) is 40.9 Å². The maximum atomic E-state index is 6.07. The van der Waals surface area contributed by atoms with Gasteiger partial charge in [0.2, 0.25) is 0 Å². The molecule has 138 valence electrons. The van der Waals surface area contributed by atoms with Crippen LogP contribution in [0.2, 0.25) is 0 Å². The molecule has 3 aromatic heterocycles. The van der Waals surface area contributed by atoms with E-state index in [1.807, 2.05) is 48.5 Å². The minimum absolute atomic E-state index is 0.450. The normalized spacial score (nSPS) is 11.2. The van der Waals surface area contributed by atoms with Gasteiger partial charge in [0, 0.05) is 12.1 Å². The van der Waals surface area contributed by atoms with Gasteiger partial charge in [0.25, 0.3) is 5.78 Å². The fourth-order valence-corrected chi connectivity index (χ4v) is 3.04. The van der Waals surface area contributed by atoms with Crippen LogP contribution in [0.4, 0.5) is 0 Å². The van der Waals surface area contributed by atoms with Crippen LogP contribution in [-0.2, 0) is 6.61 Å². The van der Waals surface area contributed by atoms with E-state index in [9.17, 15) is 0 Å². The molecule has 0 spiro atoms. The van der Waals surface area contributed by atoms with Crippen LogP contribution in [0.1, 0.15) is 5.56 Å². The molecule has 0 unspecified atom stereocenters. The Hall–Kier alpha value is -3.87. The Labute approximate surface area is 160 Å². The molecule has 0 aliphatic heterocycles. The van der Waals surface area contributed by atoms with Crippen molar-refractivity contribution in [1.29, 1.82) is 0 Å². The van der Waals surface area contributed by atoms with Crippen molar-refractivity contribution >= 4 is 16.7 Å². The van der Waals surface area contributed by atoms with Crippen molar-refractivity contribution in [2.24, 2.45) is 0 Å². The van der Waals surface area contributed by atoms with E-state index < -0.39 is 0 Å². The molecule has 28 heavy (non-hydrogen) atoms. The van der Waals surface area contributed by atoms with E-state index in [1.54, 1.807) is 30.2 Å². The maximum absolute atomic E-state index is 6.07. The Balaban J connectivity index is 1.55. The minimum Gasteiger partial charge on any atom is -0.496 e. The molecule has 2 aromatic carbocycles. The number of nitrogens with zero attached hydrogens (tertiary/aromatic N) is 4. The Morgan fingerprint density at radius 3 is 2.79 bits per heavy atom. The molecule has 0 amide bonds. The van der Waals surface area contributed by atoms with Gasteiger partial charge in [-0.25, -0.2) is 14.5 Å². The minimum atomic E-state index is 0.450. The lowest BCUT2D eigenvalue weighted by molar-refractivity contribution is 0.307. The summed E-state index contributed by atoms with van der Waals surface area (Å²) in [5.41, 5.74) is 2.39. The number of methoxy groups -OCH3 is 1. The molecule has 0 aliphatic carbocycles. The summed E-state index contributed by atoms with van der Waals surface area (Å²) in [5, 5.41) is 5.05. The van der Waals surface area contributed by atoms with Crippen molar-refractivity contribution in [2.45, 2.75) is 6.61 Å². The van der Waals surface area contributed by atoms with Crippen LogP contribution < -0.4 is 9.47 Å². The molecule has 3 heterocycles. The highest BCUT2D eigenvalue weighted by atomic mass is 16.5. The molecule has 0 saturated carbocycles. The lowest BCUT2D eigenvalue weighted by atomic mass is 10.2. The van der Waals surface area contributed by atoms with Gasteiger partial charge in [0.1, 0.15) is 29.4 Å². The Morgan fingerprint density at radius 1 is 1.07 bits per heavy atom. The van der Waals surface area contributed by atoms with Gasteiger partial charge >= 0.3 is 0 Å². The SMILES string of the molecule is COc1cc(OCc2ccccc2)c2cc(-c3cn4nccnc4n3)oc2c1. The molecule has 5 aromatic rings. The number of imidazole rings is 1. The van der Waals surface area contributed by atoms with Gasteiger partial charge in [-0.3, -0.25) is 0 Å². The molecule has 0 radical (unpaired) electrons. The van der Waals surface area contributed by atoms with Crippen LogP contribution in [0.15, 0.2) is 71.5 Å². The second-order valence-electron chi connectivity index (χ2n) is 6.24. The lowest BCUT2D eigenvalue weighted by Crippen LogP contribution is -1.96. The zero-order valence-electron chi connectivity index (χ0n) is 15.1. The second-order valence-corrected chi connectivity index (χ2v) is 6.24. The number of fused-ring (bicyclic) bond motifs is 2. The first-order valence-electron chi connectivity index (χ1n) is 8.75. The van der Waals surface area contributed by atoms with Gasteiger partial charge in [0.15, 0.2) is 5.76 Å². The highest BCUT2D eigenvalue weighted by molar-refractivity contribution is 5.89. The molecule has 7 heteroatoms. The van der Waals surface area contributed by atoms with E-state index in [0.717, 1.165) is 10.9 Å². The molecule has 0 bridgehead atoms. The summed E-state index contributed by atoms with van der Waals surface area (Å²) in [5.74, 6) is 2.47. The van der Waals surface area contributed by atoms with E-state index >= 15 is 0 Å². The van der Waals surface area contributed by atoms with Crippen molar-refractivity contribution < 1.29 is 13.9 Å². The summed E-state index contributed by atoms with van der Waals surface area (Å²) >= 11 is 0. The van der Waals surface area contributed by atoms with E-state index in [-0.39, 0.29) is 0 Å². The zero-order valence-corrected chi connectivity index (χ0v) is 15.1. The van der Waals surface area contributed by atoms with Gasteiger partial charge in [-0.2, -0.15) is 5.10 Å².